The van der Waals surface area contributed by atoms with E-state index < -0.39 is 19.7 Å². The van der Waals surface area contributed by atoms with Gasteiger partial charge in [-0.1, -0.05) is 20.8 Å². The third-order valence-corrected chi connectivity index (χ3v) is 10.6. The van der Waals surface area contributed by atoms with Gasteiger partial charge in [-0.2, -0.15) is 0 Å². The smallest absolute Gasteiger partial charge is 0.192 e. The molecule has 25 heavy (non-hydrogen) atoms. The van der Waals surface area contributed by atoms with E-state index in [9.17, 15) is 5.11 Å². The molecule has 0 radical (unpaired) electrons. The molecule has 3 aliphatic heterocycles. The summed E-state index contributed by atoms with van der Waals surface area (Å²) >= 11 is 0. The summed E-state index contributed by atoms with van der Waals surface area (Å²) < 4.78 is 30.6. The standard InChI is InChI=1S/C18H34O6Si/c1-16(2,3)25(6,7)21-11-18(10-19)8-12-14(24-18)15-13(9-20-12)22-17(4,5)23-15/h12-15,19H,8-11H2,1-7H3/t12-,13+,14+,15+,18+/m1/s1. The maximum absolute atomic E-state index is 10.1. The SMILES string of the molecule is CC1(C)O[C@@H]2[C@H]3O[C@@](CO)(CO[Si](C)(C)C(C)(C)C)C[C@H]3OC[C@@H]2O1. The van der Waals surface area contributed by atoms with Crippen LogP contribution in [0.3, 0.4) is 0 Å². The van der Waals surface area contributed by atoms with E-state index in [1.807, 2.05) is 13.8 Å². The average molecular weight is 375 g/mol. The molecule has 0 aromatic rings. The third kappa shape index (κ3) is 3.70. The second kappa shape index (κ2) is 6.26. The Kier molecular flexibility index (Phi) is 4.94. The first-order chi connectivity index (χ1) is 11.4. The first-order valence-electron chi connectivity index (χ1n) is 9.28. The molecular formula is C18H34O6Si. The van der Waals surface area contributed by atoms with Crippen molar-refractivity contribution in [2.24, 2.45) is 0 Å². The van der Waals surface area contributed by atoms with Crippen LogP contribution in [0.15, 0.2) is 0 Å². The highest BCUT2D eigenvalue weighted by Gasteiger charge is 2.59. The van der Waals surface area contributed by atoms with Gasteiger partial charge in [0.25, 0.3) is 0 Å². The van der Waals surface area contributed by atoms with Crippen molar-refractivity contribution in [3.8, 4) is 0 Å². The summed E-state index contributed by atoms with van der Waals surface area (Å²) in [4.78, 5) is 0. The van der Waals surface area contributed by atoms with Gasteiger partial charge in [0, 0.05) is 6.42 Å². The summed E-state index contributed by atoms with van der Waals surface area (Å²) in [5, 5.41) is 10.2. The van der Waals surface area contributed by atoms with Gasteiger partial charge in [0.15, 0.2) is 14.1 Å². The van der Waals surface area contributed by atoms with E-state index in [0.29, 0.717) is 19.6 Å². The minimum atomic E-state index is -1.92. The molecule has 3 heterocycles. The highest BCUT2D eigenvalue weighted by Crippen LogP contribution is 2.44. The van der Waals surface area contributed by atoms with Crippen LogP contribution in [0, 0.1) is 0 Å². The Labute approximate surface area is 152 Å². The van der Waals surface area contributed by atoms with Crippen molar-refractivity contribution in [3.63, 3.8) is 0 Å². The molecule has 6 nitrogen and oxygen atoms in total. The Morgan fingerprint density at radius 2 is 1.72 bits per heavy atom. The molecule has 3 saturated heterocycles. The molecule has 1 N–H and O–H groups in total. The molecule has 146 valence electrons. The number of fused-ring (bicyclic) bond motifs is 3. The summed E-state index contributed by atoms with van der Waals surface area (Å²) in [7, 11) is -1.92. The minimum absolute atomic E-state index is 0.0837. The van der Waals surface area contributed by atoms with Crippen molar-refractivity contribution in [1.29, 1.82) is 0 Å². The second-order valence-electron chi connectivity index (χ2n) is 9.69. The second-order valence-corrected chi connectivity index (χ2v) is 14.5. The summed E-state index contributed by atoms with van der Waals surface area (Å²) in [6.45, 7) is 15.7. The zero-order chi connectivity index (χ0) is 18.7. The van der Waals surface area contributed by atoms with E-state index in [0.717, 1.165) is 0 Å². The Hall–Kier alpha value is -0.0231. The lowest BCUT2D eigenvalue weighted by Crippen LogP contribution is -2.50. The monoisotopic (exact) mass is 374 g/mol. The van der Waals surface area contributed by atoms with Crippen molar-refractivity contribution in [2.75, 3.05) is 19.8 Å². The van der Waals surface area contributed by atoms with Gasteiger partial charge in [-0.25, -0.2) is 0 Å². The molecule has 3 fully saturated rings. The molecule has 3 rings (SSSR count). The first-order valence-corrected chi connectivity index (χ1v) is 12.2. The fourth-order valence-electron chi connectivity index (χ4n) is 3.59. The van der Waals surface area contributed by atoms with Gasteiger partial charge in [-0.05, 0) is 32.0 Å². The largest absolute Gasteiger partial charge is 0.414 e. The lowest BCUT2D eigenvalue weighted by molar-refractivity contribution is -0.178. The Balaban J connectivity index is 1.71. The topological polar surface area (TPSA) is 66.4 Å². The van der Waals surface area contributed by atoms with E-state index in [-0.39, 0.29) is 36.1 Å². The third-order valence-electron chi connectivity index (χ3n) is 6.14. The molecule has 0 bridgehead atoms. The van der Waals surface area contributed by atoms with Crippen LogP contribution in [0.5, 0.6) is 0 Å². The molecule has 0 spiro atoms. The highest BCUT2D eigenvalue weighted by molar-refractivity contribution is 6.74. The summed E-state index contributed by atoms with van der Waals surface area (Å²) in [6.07, 6.45) is 0.0298. The molecule has 0 aromatic carbocycles. The van der Waals surface area contributed by atoms with Crippen LogP contribution in [0.2, 0.25) is 18.1 Å². The van der Waals surface area contributed by atoms with Gasteiger partial charge in [-0.15, -0.1) is 0 Å². The molecule has 0 aliphatic carbocycles. The van der Waals surface area contributed by atoms with Crippen LogP contribution >= 0.6 is 0 Å². The lowest BCUT2D eigenvalue weighted by Gasteiger charge is -2.39. The van der Waals surface area contributed by atoms with E-state index in [1.165, 1.54) is 0 Å². The predicted molar refractivity (Wildman–Crippen MR) is 96.0 cm³/mol. The summed E-state index contributed by atoms with van der Waals surface area (Å²) in [6, 6.07) is 0. The zero-order valence-electron chi connectivity index (χ0n) is 16.6. The molecule has 5 atom stereocenters. The van der Waals surface area contributed by atoms with Gasteiger partial charge < -0.3 is 28.5 Å². The average Bonchev–Trinajstić information content (AvgIpc) is 3.00. The molecule has 3 aliphatic rings. The van der Waals surface area contributed by atoms with Crippen molar-refractivity contribution < 1.29 is 28.5 Å². The number of aliphatic hydroxyl groups excluding tert-OH is 1. The van der Waals surface area contributed by atoms with Crippen molar-refractivity contribution in [1.82, 2.24) is 0 Å². The van der Waals surface area contributed by atoms with Crippen molar-refractivity contribution in [3.05, 3.63) is 0 Å². The van der Waals surface area contributed by atoms with Crippen LogP contribution in [-0.4, -0.2) is 69.0 Å². The Morgan fingerprint density at radius 3 is 2.32 bits per heavy atom. The van der Waals surface area contributed by atoms with Crippen LogP contribution < -0.4 is 0 Å². The molecule has 0 saturated carbocycles. The van der Waals surface area contributed by atoms with Gasteiger partial charge in [0.05, 0.1) is 25.9 Å². The van der Waals surface area contributed by atoms with E-state index in [1.54, 1.807) is 0 Å². The van der Waals surface area contributed by atoms with E-state index in [4.69, 9.17) is 23.4 Å². The van der Waals surface area contributed by atoms with Crippen LogP contribution in [0.1, 0.15) is 41.0 Å². The number of ether oxygens (including phenoxy) is 4. The minimum Gasteiger partial charge on any atom is -0.414 e. The highest BCUT2D eigenvalue weighted by atomic mass is 28.4. The van der Waals surface area contributed by atoms with Crippen molar-refractivity contribution >= 4 is 8.32 Å². The molecule has 0 unspecified atom stereocenters. The van der Waals surface area contributed by atoms with Gasteiger partial charge in [0.2, 0.25) is 0 Å². The number of hydrogen-bond donors (Lipinski definition) is 1. The van der Waals surface area contributed by atoms with Gasteiger partial charge >= 0.3 is 0 Å². The Bertz CT molecular complexity index is 502. The summed E-state index contributed by atoms with van der Waals surface area (Å²) in [5.41, 5.74) is -0.726. The lowest BCUT2D eigenvalue weighted by atomic mass is 9.95. The van der Waals surface area contributed by atoms with Crippen LogP contribution in [0.25, 0.3) is 0 Å². The van der Waals surface area contributed by atoms with Crippen molar-refractivity contribution in [2.45, 2.75) is 95.0 Å². The zero-order valence-corrected chi connectivity index (χ0v) is 17.6. The van der Waals surface area contributed by atoms with Gasteiger partial charge in [-0.3, -0.25) is 0 Å². The normalized spacial score (nSPS) is 40.8. The first kappa shape index (κ1) is 19.7. The van der Waals surface area contributed by atoms with Crippen LogP contribution in [-0.2, 0) is 23.4 Å². The quantitative estimate of drug-likeness (QED) is 0.763. The molecule has 7 heteroatoms. The molecule has 0 amide bonds. The van der Waals surface area contributed by atoms with Crippen LogP contribution in [0.4, 0.5) is 0 Å². The maximum atomic E-state index is 10.1. The summed E-state index contributed by atoms with van der Waals surface area (Å²) in [5.74, 6) is -0.626. The van der Waals surface area contributed by atoms with E-state index in [2.05, 4.69) is 33.9 Å². The number of hydrogen-bond acceptors (Lipinski definition) is 6. The fourth-order valence-corrected chi connectivity index (χ4v) is 4.64. The molecular weight excluding hydrogens is 340 g/mol. The van der Waals surface area contributed by atoms with Gasteiger partial charge in [0.1, 0.15) is 23.9 Å². The van der Waals surface area contributed by atoms with E-state index >= 15 is 0 Å². The Morgan fingerprint density at radius 1 is 1.08 bits per heavy atom. The fraction of sp³-hybridized carbons (Fsp3) is 1.00. The maximum Gasteiger partial charge on any atom is 0.192 e. The number of aliphatic hydroxyl groups is 1. The molecule has 0 aromatic heterocycles. The number of rotatable bonds is 4. The predicted octanol–water partition coefficient (Wildman–Crippen LogP) is 2.45.